The van der Waals surface area contributed by atoms with Crippen LogP contribution in [-0.4, -0.2) is 32.2 Å². The summed E-state index contributed by atoms with van der Waals surface area (Å²) < 4.78 is 9.91. The third kappa shape index (κ3) is 6.31. The van der Waals surface area contributed by atoms with Crippen molar-refractivity contribution in [3.05, 3.63) is 16.5 Å². The molecule has 130 valence electrons. The van der Waals surface area contributed by atoms with Gasteiger partial charge in [-0.25, -0.2) is 4.79 Å². The first-order valence-electron chi connectivity index (χ1n) is 7.77. The fourth-order valence-electron chi connectivity index (χ4n) is 2.42. The van der Waals surface area contributed by atoms with Crippen molar-refractivity contribution in [3.8, 4) is 0 Å². The summed E-state index contributed by atoms with van der Waals surface area (Å²) in [7, 11) is 1.46. The van der Waals surface area contributed by atoms with Crippen LogP contribution in [-0.2, 0) is 14.3 Å². The van der Waals surface area contributed by atoms with E-state index in [9.17, 15) is 9.59 Å². The third-order valence-corrected chi connectivity index (χ3v) is 4.46. The monoisotopic (exact) mass is 341 g/mol. The minimum absolute atomic E-state index is 0.0486. The molecule has 0 aliphatic rings. The van der Waals surface area contributed by atoms with Gasteiger partial charge in [0.15, 0.2) is 0 Å². The lowest BCUT2D eigenvalue weighted by Gasteiger charge is -2.22. The fraction of sp³-hybridized carbons (Fsp3) is 0.647. The molecule has 0 spiro atoms. The van der Waals surface area contributed by atoms with E-state index in [4.69, 9.17) is 9.47 Å². The Balaban J connectivity index is 3.05. The number of rotatable bonds is 7. The average Bonchev–Trinajstić information content (AvgIpc) is 2.81. The maximum Gasteiger partial charge on any atom is 0.341 e. The van der Waals surface area contributed by atoms with Crippen LogP contribution in [0, 0.1) is 5.41 Å². The molecule has 5 nitrogen and oxygen atoms in total. The van der Waals surface area contributed by atoms with E-state index in [1.54, 1.807) is 6.92 Å². The first-order valence-corrected chi connectivity index (χ1v) is 8.59. The molecule has 1 N–H and O–H groups in total. The molecule has 0 aliphatic carbocycles. The zero-order chi connectivity index (χ0) is 17.6. The molecule has 0 fully saturated rings. The topological polar surface area (TPSA) is 64.6 Å². The van der Waals surface area contributed by atoms with Crippen LogP contribution >= 0.6 is 11.3 Å². The van der Waals surface area contributed by atoms with Crippen molar-refractivity contribution in [1.29, 1.82) is 0 Å². The Hall–Kier alpha value is -1.40. The van der Waals surface area contributed by atoms with Crippen LogP contribution in [0.1, 0.15) is 62.2 Å². The zero-order valence-electron chi connectivity index (χ0n) is 14.8. The van der Waals surface area contributed by atoms with Gasteiger partial charge in [-0.2, -0.15) is 0 Å². The normalized spacial score (nSPS) is 12.8. The first kappa shape index (κ1) is 19.6. The first-order chi connectivity index (χ1) is 10.7. The van der Waals surface area contributed by atoms with E-state index in [-0.39, 0.29) is 17.9 Å². The number of thiophene rings is 1. The molecule has 1 unspecified atom stereocenters. The molecule has 6 heteroatoms. The Morgan fingerprint density at radius 3 is 2.52 bits per heavy atom. The van der Waals surface area contributed by atoms with Gasteiger partial charge >= 0.3 is 5.97 Å². The second kappa shape index (κ2) is 8.45. The molecule has 1 heterocycles. The molecule has 1 rings (SSSR count). The Bertz CT molecular complexity index is 545. The van der Waals surface area contributed by atoms with Gasteiger partial charge in [-0.3, -0.25) is 4.79 Å². The highest BCUT2D eigenvalue weighted by atomic mass is 32.1. The van der Waals surface area contributed by atoms with E-state index >= 15 is 0 Å². The van der Waals surface area contributed by atoms with Crippen molar-refractivity contribution >= 4 is 28.2 Å². The highest BCUT2D eigenvalue weighted by Gasteiger charge is 2.23. The van der Waals surface area contributed by atoms with Gasteiger partial charge in [0.25, 0.3) is 5.91 Å². The summed E-state index contributed by atoms with van der Waals surface area (Å²) >= 11 is 1.43. The number of carbonyl (C=O) groups excluding carboxylic acids is 2. The molecule has 1 aromatic heterocycles. The van der Waals surface area contributed by atoms with Gasteiger partial charge in [-0.1, -0.05) is 27.7 Å². The maximum absolute atomic E-state index is 12.1. The molecule has 0 aliphatic heterocycles. The van der Waals surface area contributed by atoms with Crippen molar-refractivity contribution in [2.75, 3.05) is 25.6 Å². The molecule has 0 bridgehead atoms. The van der Waals surface area contributed by atoms with Crippen LogP contribution in [0.3, 0.4) is 0 Å². The summed E-state index contributed by atoms with van der Waals surface area (Å²) in [4.78, 5) is 25.0. The molecule has 23 heavy (non-hydrogen) atoms. The zero-order valence-corrected chi connectivity index (χ0v) is 15.6. The second-order valence-electron chi connectivity index (χ2n) is 6.76. The second-order valence-corrected chi connectivity index (χ2v) is 7.84. The maximum atomic E-state index is 12.1. The van der Waals surface area contributed by atoms with Gasteiger partial charge < -0.3 is 14.8 Å². The minimum Gasteiger partial charge on any atom is -0.462 e. The summed E-state index contributed by atoms with van der Waals surface area (Å²) in [6.07, 6.45) is 0.987. The van der Waals surface area contributed by atoms with Crippen LogP contribution in [0.25, 0.3) is 0 Å². The lowest BCUT2D eigenvalue weighted by atomic mass is 9.85. The largest absolute Gasteiger partial charge is 0.462 e. The molecule has 1 amide bonds. The van der Waals surface area contributed by atoms with Crippen LogP contribution in [0.15, 0.2) is 6.07 Å². The number of ether oxygens (including phenoxy) is 2. The Morgan fingerprint density at radius 2 is 2.00 bits per heavy atom. The van der Waals surface area contributed by atoms with Crippen molar-refractivity contribution in [2.24, 2.45) is 5.41 Å². The van der Waals surface area contributed by atoms with Gasteiger partial charge in [0.1, 0.15) is 11.6 Å². The van der Waals surface area contributed by atoms with Gasteiger partial charge in [0.2, 0.25) is 0 Å². The predicted molar refractivity (Wildman–Crippen MR) is 93.3 cm³/mol. The number of amides is 1. The lowest BCUT2D eigenvalue weighted by molar-refractivity contribution is -0.119. The van der Waals surface area contributed by atoms with Gasteiger partial charge in [-0.05, 0) is 30.7 Å². The Kier molecular flexibility index (Phi) is 7.22. The average molecular weight is 341 g/mol. The highest BCUT2D eigenvalue weighted by molar-refractivity contribution is 7.16. The Morgan fingerprint density at radius 1 is 1.35 bits per heavy atom. The number of anilines is 1. The Labute approximate surface area is 142 Å². The number of carbonyl (C=O) groups is 2. The number of esters is 1. The molecule has 0 aromatic carbocycles. The van der Waals surface area contributed by atoms with Crippen molar-refractivity contribution in [3.63, 3.8) is 0 Å². The molecule has 1 aromatic rings. The van der Waals surface area contributed by atoms with Crippen LogP contribution in [0.2, 0.25) is 0 Å². The molecular formula is C17H27NO4S. The quantitative estimate of drug-likeness (QED) is 0.760. The summed E-state index contributed by atoms with van der Waals surface area (Å²) in [6, 6.07) is 1.83. The molecule has 1 atom stereocenters. The summed E-state index contributed by atoms with van der Waals surface area (Å²) in [6.45, 7) is 10.7. The fourth-order valence-corrected chi connectivity index (χ4v) is 3.53. The number of hydrogen-bond donors (Lipinski definition) is 1. The van der Waals surface area contributed by atoms with Crippen molar-refractivity contribution < 1.29 is 19.1 Å². The third-order valence-electron chi connectivity index (χ3n) is 3.18. The predicted octanol–water partition coefficient (Wildman–Crippen LogP) is 4.05. The summed E-state index contributed by atoms with van der Waals surface area (Å²) in [5.41, 5.74) is 0.601. The van der Waals surface area contributed by atoms with E-state index < -0.39 is 5.97 Å². The summed E-state index contributed by atoms with van der Waals surface area (Å²) in [5.74, 6) is -0.401. The SMILES string of the molecule is CCOC(=O)c1cc(C(C)CC(C)(C)C)sc1NC(=O)COC. The molecule has 0 saturated heterocycles. The highest BCUT2D eigenvalue weighted by Crippen LogP contribution is 2.38. The van der Waals surface area contributed by atoms with Gasteiger partial charge in [0, 0.05) is 12.0 Å². The molecule has 0 saturated carbocycles. The number of hydrogen-bond acceptors (Lipinski definition) is 5. The van der Waals surface area contributed by atoms with E-state index in [0.29, 0.717) is 23.1 Å². The van der Waals surface area contributed by atoms with Crippen LogP contribution < -0.4 is 5.32 Å². The summed E-state index contributed by atoms with van der Waals surface area (Å²) in [5, 5.41) is 3.27. The number of methoxy groups -OCH3 is 1. The minimum atomic E-state index is -0.411. The van der Waals surface area contributed by atoms with Gasteiger partial charge in [-0.15, -0.1) is 11.3 Å². The van der Waals surface area contributed by atoms with Crippen molar-refractivity contribution in [1.82, 2.24) is 0 Å². The lowest BCUT2D eigenvalue weighted by Crippen LogP contribution is -2.18. The standard InChI is InChI=1S/C17H27NO4S/c1-7-22-16(20)12-8-13(11(2)9-17(3,4)5)23-15(12)18-14(19)10-21-6/h8,11H,7,9-10H2,1-6H3,(H,18,19). The van der Waals surface area contributed by atoms with Gasteiger partial charge in [0.05, 0.1) is 12.2 Å². The molecular weight excluding hydrogens is 314 g/mol. The van der Waals surface area contributed by atoms with E-state index in [1.165, 1.54) is 18.4 Å². The van der Waals surface area contributed by atoms with E-state index in [0.717, 1.165) is 11.3 Å². The van der Waals surface area contributed by atoms with Crippen LogP contribution in [0.5, 0.6) is 0 Å². The smallest absolute Gasteiger partial charge is 0.341 e. The number of nitrogens with one attached hydrogen (secondary N) is 1. The van der Waals surface area contributed by atoms with E-state index in [2.05, 4.69) is 33.0 Å². The van der Waals surface area contributed by atoms with E-state index in [1.807, 2.05) is 6.07 Å². The van der Waals surface area contributed by atoms with Crippen molar-refractivity contribution in [2.45, 2.75) is 47.0 Å². The molecule has 0 radical (unpaired) electrons. The van der Waals surface area contributed by atoms with Crippen LogP contribution in [0.4, 0.5) is 5.00 Å².